The molecule has 42 heavy (non-hydrogen) atoms. The van der Waals surface area contributed by atoms with Gasteiger partial charge in [0.2, 0.25) is 15.9 Å². The number of carbonyl (C=O) groups excluding carboxylic acids is 2. The molecule has 2 N–H and O–H groups in total. The van der Waals surface area contributed by atoms with Crippen LogP contribution in [0.3, 0.4) is 0 Å². The van der Waals surface area contributed by atoms with Crippen molar-refractivity contribution in [2.75, 3.05) is 39.2 Å². The fraction of sp³-hybridized carbons (Fsp3) is 0.333. The normalized spacial score (nSPS) is 14.3. The summed E-state index contributed by atoms with van der Waals surface area (Å²) in [6.07, 6.45) is 1.30. The molecule has 3 aromatic carbocycles. The number of sulfonamides is 1. The molecule has 3 aromatic rings. The summed E-state index contributed by atoms with van der Waals surface area (Å²) >= 11 is 12.1. The van der Waals surface area contributed by atoms with E-state index < -0.39 is 15.9 Å². The van der Waals surface area contributed by atoms with Gasteiger partial charge in [-0.1, -0.05) is 47.5 Å². The first-order chi connectivity index (χ1) is 20.1. The van der Waals surface area contributed by atoms with Crippen LogP contribution in [0.15, 0.2) is 60.7 Å². The topological polar surface area (TPSA) is 114 Å². The first-order valence-corrected chi connectivity index (χ1v) is 15.8. The Labute approximate surface area is 256 Å². The Morgan fingerprint density at radius 3 is 2.36 bits per heavy atom. The fourth-order valence-electron chi connectivity index (χ4n) is 4.80. The number of ether oxygens (including phenoxy) is 2. The highest BCUT2D eigenvalue weighted by Crippen LogP contribution is 2.29. The summed E-state index contributed by atoms with van der Waals surface area (Å²) in [7, 11) is -0.486. The monoisotopic (exact) mass is 633 g/mol. The van der Waals surface area contributed by atoms with E-state index in [-0.39, 0.29) is 30.7 Å². The lowest BCUT2D eigenvalue weighted by molar-refractivity contribution is -0.120. The van der Waals surface area contributed by atoms with Crippen molar-refractivity contribution >= 4 is 50.7 Å². The highest BCUT2D eigenvalue weighted by molar-refractivity contribution is 7.88. The quantitative estimate of drug-likeness (QED) is 0.301. The highest BCUT2D eigenvalue weighted by Gasteiger charge is 2.32. The van der Waals surface area contributed by atoms with Crippen LogP contribution < -0.4 is 20.1 Å². The molecule has 0 spiro atoms. The molecule has 0 radical (unpaired) electrons. The zero-order chi connectivity index (χ0) is 30.3. The summed E-state index contributed by atoms with van der Waals surface area (Å²) in [5, 5.41) is 6.51. The van der Waals surface area contributed by atoms with Crippen molar-refractivity contribution < 1.29 is 27.5 Å². The Bertz CT molecular complexity index is 1540. The van der Waals surface area contributed by atoms with E-state index in [1.54, 1.807) is 50.6 Å². The van der Waals surface area contributed by atoms with Gasteiger partial charge in [-0.15, -0.1) is 0 Å². The number of rotatable bonds is 11. The fourth-order valence-corrected chi connectivity index (χ4v) is 6.95. The van der Waals surface area contributed by atoms with Crippen LogP contribution in [0.4, 0.5) is 5.69 Å². The van der Waals surface area contributed by atoms with Crippen LogP contribution in [0.5, 0.6) is 11.5 Å². The van der Waals surface area contributed by atoms with Crippen molar-refractivity contribution in [1.82, 2.24) is 9.62 Å². The van der Waals surface area contributed by atoms with E-state index in [0.717, 1.165) is 5.56 Å². The van der Waals surface area contributed by atoms with E-state index in [1.807, 2.05) is 18.2 Å². The third-order valence-electron chi connectivity index (χ3n) is 7.15. The number of hydrogen-bond acceptors (Lipinski definition) is 6. The minimum atomic E-state index is -3.63. The SMILES string of the molecule is COc1ccc(CCNC(=O)c2ccccc2NC(=O)C2CCN(S(=O)(=O)Cc3ccc(Cl)cc3Cl)CC2)cc1OC. The van der Waals surface area contributed by atoms with Gasteiger partial charge in [0, 0.05) is 35.6 Å². The third-order valence-corrected chi connectivity index (χ3v) is 9.56. The van der Waals surface area contributed by atoms with Gasteiger partial charge in [-0.2, -0.15) is 0 Å². The average molecular weight is 635 g/mol. The van der Waals surface area contributed by atoms with E-state index in [9.17, 15) is 18.0 Å². The van der Waals surface area contributed by atoms with Crippen LogP contribution in [0.2, 0.25) is 10.0 Å². The molecule has 0 bridgehead atoms. The number of nitrogens with one attached hydrogen (secondary N) is 2. The molecule has 0 unspecified atom stereocenters. The number of anilines is 1. The van der Waals surface area contributed by atoms with Gasteiger partial charge in [0.1, 0.15) is 0 Å². The van der Waals surface area contributed by atoms with Crippen LogP contribution in [-0.2, 0) is 27.0 Å². The number of benzene rings is 3. The molecular weight excluding hydrogens is 601 g/mol. The Balaban J connectivity index is 1.31. The second-order valence-electron chi connectivity index (χ2n) is 9.90. The average Bonchev–Trinajstić information content (AvgIpc) is 2.98. The molecule has 0 saturated carbocycles. The summed E-state index contributed by atoms with van der Waals surface area (Å²) < 4.78 is 38.0. The van der Waals surface area contributed by atoms with E-state index in [1.165, 1.54) is 10.4 Å². The van der Waals surface area contributed by atoms with Gasteiger partial charge in [0.15, 0.2) is 11.5 Å². The van der Waals surface area contributed by atoms with E-state index in [4.69, 9.17) is 32.7 Å². The summed E-state index contributed by atoms with van der Waals surface area (Å²) in [6, 6.07) is 17.1. The summed E-state index contributed by atoms with van der Waals surface area (Å²) in [5.74, 6) is 0.0473. The summed E-state index contributed by atoms with van der Waals surface area (Å²) in [5.41, 5.74) is 2.19. The largest absolute Gasteiger partial charge is 0.493 e. The van der Waals surface area contributed by atoms with Crippen LogP contribution in [0.1, 0.15) is 34.3 Å². The maximum absolute atomic E-state index is 13.1. The lowest BCUT2D eigenvalue weighted by Crippen LogP contribution is -2.42. The number of carbonyl (C=O) groups is 2. The molecule has 1 saturated heterocycles. The van der Waals surface area contributed by atoms with Crippen molar-refractivity contribution in [3.05, 3.63) is 87.4 Å². The maximum atomic E-state index is 13.1. The first kappa shape index (κ1) is 31.6. The lowest BCUT2D eigenvalue weighted by atomic mass is 9.97. The van der Waals surface area contributed by atoms with Gasteiger partial charge < -0.3 is 20.1 Å². The van der Waals surface area contributed by atoms with Crippen LogP contribution >= 0.6 is 23.2 Å². The van der Waals surface area contributed by atoms with Gasteiger partial charge in [0.25, 0.3) is 5.91 Å². The molecule has 0 atom stereocenters. The number of piperidine rings is 1. The molecule has 224 valence electrons. The minimum absolute atomic E-state index is 0.212. The molecule has 0 aromatic heterocycles. The Hall–Kier alpha value is -3.31. The number of methoxy groups -OCH3 is 2. The van der Waals surface area contributed by atoms with Crippen LogP contribution in [0, 0.1) is 5.92 Å². The second kappa shape index (κ2) is 14.2. The molecule has 1 fully saturated rings. The zero-order valence-electron chi connectivity index (χ0n) is 23.4. The molecule has 1 aliphatic heterocycles. The molecule has 9 nitrogen and oxygen atoms in total. The van der Waals surface area contributed by atoms with Gasteiger partial charge in [-0.25, -0.2) is 12.7 Å². The molecule has 12 heteroatoms. The van der Waals surface area contributed by atoms with Crippen molar-refractivity contribution in [2.24, 2.45) is 5.92 Å². The predicted molar refractivity (Wildman–Crippen MR) is 164 cm³/mol. The minimum Gasteiger partial charge on any atom is -0.493 e. The number of halogens is 2. The van der Waals surface area contributed by atoms with Gasteiger partial charge >= 0.3 is 0 Å². The number of nitrogens with zero attached hydrogens (tertiary/aromatic N) is 1. The first-order valence-electron chi connectivity index (χ1n) is 13.4. The van der Waals surface area contributed by atoms with E-state index >= 15 is 0 Å². The molecule has 0 aliphatic carbocycles. The lowest BCUT2D eigenvalue weighted by Gasteiger charge is -2.30. The molecule has 1 heterocycles. The van der Waals surface area contributed by atoms with Crippen molar-refractivity contribution in [3.63, 3.8) is 0 Å². The Kier molecular flexibility index (Phi) is 10.7. The van der Waals surface area contributed by atoms with Crippen molar-refractivity contribution in [1.29, 1.82) is 0 Å². The standard InChI is InChI=1S/C30H33Cl2N3O6S/c1-40-27-10-7-20(17-28(27)41-2)11-14-33-30(37)24-5-3-4-6-26(24)34-29(36)21-12-15-35(16-13-21)42(38,39)19-22-8-9-23(31)18-25(22)32/h3-10,17-18,21H,11-16,19H2,1-2H3,(H,33,37)(H,34,36). The Morgan fingerprint density at radius 1 is 0.952 bits per heavy atom. The van der Waals surface area contributed by atoms with Crippen molar-refractivity contribution in [3.8, 4) is 11.5 Å². The van der Waals surface area contributed by atoms with E-state index in [0.29, 0.717) is 64.2 Å². The highest BCUT2D eigenvalue weighted by atomic mass is 35.5. The van der Waals surface area contributed by atoms with E-state index in [2.05, 4.69) is 10.6 Å². The molecular formula is C30H33Cl2N3O6S. The number of hydrogen-bond donors (Lipinski definition) is 2. The van der Waals surface area contributed by atoms with Crippen LogP contribution in [0.25, 0.3) is 0 Å². The molecule has 1 aliphatic rings. The zero-order valence-corrected chi connectivity index (χ0v) is 25.7. The second-order valence-corrected chi connectivity index (χ2v) is 12.7. The predicted octanol–water partition coefficient (Wildman–Crippen LogP) is 5.16. The third kappa shape index (κ3) is 7.95. The summed E-state index contributed by atoms with van der Waals surface area (Å²) in [4.78, 5) is 26.1. The van der Waals surface area contributed by atoms with Crippen LogP contribution in [-0.4, -0.2) is 58.4 Å². The maximum Gasteiger partial charge on any atom is 0.253 e. The summed E-state index contributed by atoms with van der Waals surface area (Å²) in [6.45, 7) is 0.804. The Morgan fingerprint density at radius 2 is 1.67 bits per heavy atom. The van der Waals surface area contributed by atoms with Gasteiger partial charge in [0.05, 0.1) is 31.2 Å². The van der Waals surface area contributed by atoms with Crippen molar-refractivity contribution in [2.45, 2.75) is 25.0 Å². The van der Waals surface area contributed by atoms with Gasteiger partial charge in [-0.05, 0) is 66.8 Å². The molecule has 4 rings (SSSR count). The number of para-hydroxylation sites is 1. The molecule has 2 amide bonds. The number of amides is 2. The van der Waals surface area contributed by atoms with Gasteiger partial charge in [-0.3, -0.25) is 9.59 Å². The smallest absolute Gasteiger partial charge is 0.253 e.